The molecule has 0 saturated heterocycles. The number of nitrogens with zero attached hydrogens (tertiary/aromatic N) is 1. The first-order valence-electron chi connectivity index (χ1n) is 15.3. The Morgan fingerprint density at radius 2 is 1.70 bits per heavy atom. The molecule has 46 heavy (non-hydrogen) atoms. The van der Waals surface area contributed by atoms with Gasteiger partial charge in [0, 0.05) is 6.42 Å². The maximum atomic E-state index is 14.7. The third kappa shape index (κ3) is 7.66. The Hall–Kier alpha value is -4.48. The number of alkyl carbamates (subject to hydrolysis) is 1. The average molecular weight is 635 g/mol. The number of hydrogen-bond donors (Lipinski definition) is 2. The minimum Gasteiger partial charge on any atom is -0.493 e. The van der Waals surface area contributed by atoms with Crippen molar-refractivity contribution in [2.24, 2.45) is 0 Å². The number of aliphatic hydroxyl groups is 1. The number of ether oxygens (including phenoxy) is 6. The van der Waals surface area contributed by atoms with Gasteiger partial charge in [0.05, 0.1) is 46.1 Å². The number of amides is 2. The van der Waals surface area contributed by atoms with Gasteiger partial charge in [-0.05, 0) is 73.7 Å². The molecule has 2 aliphatic rings. The van der Waals surface area contributed by atoms with Gasteiger partial charge >= 0.3 is 6.09 Å². The van der Waals surface area contributed by atoms with Gasteiger partial charge < -0.3 is 43.7 Å². The van der Waals surface area contributed by atoms with E-state index in [0.29, 0.717) is 36.0 Å². The van der Waals surface area contributed by atoms with E-state index in [-0.39, 0.29) is 26.4 Å². The molecule has 0 radical (unpaired) electrons. The van der Waals surface area contributed by atoms with Gasteiger partial charge in [-0.2, -0.15) is 0 Å². The first kappa shape index (κ1) is 32.9. The molecule has 0 aromatic heterocycles. The minimum absolute atomic E-state index is 0.113. The molecule has 0 bridgehead atoms. The molecule has 11 heteroatoms. The van der Waals surface area contributed by atoms with Crippen molar-refractivity contribution >= 4 is 12.0 Å². The van der Waals surface area contributed by atoms with Gasteiger partial charge in [0.15, 0.2) is 23.0 Å². The molecule has 0 unspecified atom stereocenters. The summed E-state index contributed by atoms with van der Waals surface area (Å²) in [5, 5.41) is 13.5. The highest BCUT2D eigenvalue weighted by atomic mass is 16.7. The minimum atomic E-state index is -1.04. The Bertz CT molecular complexity index is 1520. The van der Waals surface area contributed by atoms with E-state index in [1.165, 1.54) is 0 Å². The first-order valence-corrected chi connectivity index (χ1v) is 15.3. The average Bonchev–Trinajstić information content (AvgIpc) is 3.51. The molecule has 0 saturated carbocycles. The van der Waals surface area contributed by atoms with E-state index in [4.69, 9.17) is 28.4 Å². The Balaban J connectivity index is 1.51. The third-order valence-electron chi connectivity index (χ3n) is 7.91. The predicted octanol–water partition coefficient (Wildman–Crippen LogP) is 4.57. The molecule has 2 heterocycles. The maximum Gasteiger partial charge on any atom is 0.408 e. The van der Waals surface area contributed by atoms with E-state index >= 15 is 0 Å². The predicted molar refractivity (Wildman–Crippen MR) is 169 cm³/mol. The van der Waals surface area contributed by atoms with Gasteiger partial charge in [0.1, 0.15) is 11.6 Å². The summed E-state index contributed by atoms with van der Waals surface area (Å²) in [5.41, 5.74) is 2.66. The zero-order valence-electron chi connectivity index (χ0n) is 26.9. The van der Waals surface area contributed by atoms with Crippen LogP contribution in [-0.2, 0) is 33.7 Å². The molecule has 2 N–H and O–H groups in total. The monoisotopic (exact) mass is 634 g/mol. The number of aliphatic hydroxyl groups excluding tert-OH is 1. The summed E-state index contributed by atoms with van der Waals surface area (Å²) in [5.74, 6) is 1.84. The topological polar surface area (TPSA) is 125 Å². The molecular weight excluding hydrogens is 592 g/mol. The molecule has 11 nitrogen and oxygen atoms in total. The van der Waals surface area contributed by atoms with Gasteiger partial charge in [-0.25, -0.2) is 4.79 Å². The molecule has 2 amide bonds. The molecule has 5 rings (SSSR count). The van der Waals surface area contributed by atoms with Crippen molar-refractivity contribution < 1.29 is 43.1 Å². The first-order chi connectivity index (χ1) is 22.1. The van der Waals surface area contributed by atoms with Crippen LogP contribution in [0.5, 0.6) is 23.0 Å². The highest BCUT2D eigenvalue weighted by Gasteiger charge is 2.41. The lowest BCUT2D eigenvalue weighted by atomic mass is 9.87. The summed E-state index contributed by atoms with van der Waals surface area (Å²) in [7, 11) is 3.12. The van der Waals surface area contributed by atoms with Crippen LogP contribution >= 0.6 is 0 Å². The Morgan fingerprint density at radius 1 is 0.978 bits per heavy atom. The van der Waals surface area contributed by atoms with Crippen LogP contribution in [0, 0.1) is 0 Å². The lowest BCUT2D eigenvalue weighted by molar-refractivity contribution is -0.143. The molecule has 246 valence electrons. The van der Waals surface area contributed by atoms with E-state index in [9.17, 15) is 14.7 Å². The number of hydrogen-bond acceptors (Lipinski definition) is 9. The fourth-order valence-corrected chi connectivity index (χ4v) is 5.83. The largest absolute Gasteiger partial charge is 0.493 e. The summed E-state index contributed by atoms with van der Waals surface area (Å²) in [6.07, 6.45) is -0.233. The Kier molecular flexibility index (Phi) is 10.2. The summed E-state index contributed by atoms with van der Waals surface area (Å²) < 4.78 is 34.0. The van der Waals surface area contributed by atoms with Crippen molar-refractivity contribution in [3.63, 3.8) is 0 Å². The van der Waals surface area contributed by atoms with Crippen LogP contribution in [0.25, 0.3) is 0 Å². The summed E-state index contributed by atoms with van der Waals surface area (Å²) >= 11 is 0. The number of benzene rings is 3. The van der Waals surface area contributed by atoms with Crippen LogP contribution in [0.1, 0.15) is 49.1 Å². The maximum absolute atomic E-state index is 14.7. The van der Waals surface area contributed by atoms with E-state index < -0.39 is 35.7 Å². The number of fused-ring (bicyclic) bond motifs is 2. The molecule has 0 spiro atoms. The van der Waals surface area contributed by atoms with Gasteiger partial charge in [-0.1, -0.05) is 36.4 Å². The van der Waals surface area contributed by atoms with Crippen molar-refractivity contribution in [2.75, 3.05) is 34.2 Å². The second-order valence-electron chi connectivity index (χ2n) is 12.3. The molecule has 3 aromatic carbocycles. The molecule has 0 fully saturated rings. The van der Waals surface area contributed by atoms with Crippen LogP contribution in [0.4, 0.5) is 4.79 Å². The van der Waals surface area contributed by atoms with Crippen molar-refractivity contribution in [1.82, 2.24) is 10.2 Å². The Labute approximate surface area is 269 Å². The zero-order chi connectivity index (χ0) is 32.8. The molecule has 0 aliphatic carbocycles. The summed E-state index contributed by atoms with van der Waals surface area (Å²) in [6.45, 7) is 5.52. The van der Waals surface area contributed by atoms with Crippen LogP contribution < -0.4 is 24.3 Å². The summed E-state index contributed by atoms with van der Waals surface area (Å²) in [6, 6.07) is 16.6. The third-order valence-corrected chi connectivity index (χ3v) is 7.91. The van der Waals surface area contributed by atoms with Gasteiger partial charge in [0.2, 0.25) is 12.7 Å². The smallest absolute Gasteiger partial charge is 0.408 e. The van der Waals surface area contributed by atoms with E-state index in [0.717, 1.165) is 22.3 Å². The number of nitrogens with one attached hydrogen (secondary N) is 1. The van der Waals surface area contributed by atoms with Crippen molar-refractivity contribution in [2.45, 2.75) is 63.9 Å². The highest BCUT2D eigenvalue weighted by Crippen LogP contribution is 2.41. The van der Waals surface area contributed by atoms with Crippen molar-refractivity contribution in [1.29, 1.82) is 0 Å². The van der Waals surface area contributed by atoms with Crippen molar-refractivity contribution in [3.05, 3.63) is 82.9 Å². The van der Waals surface area contributed by atoms with Crippen LogP contribution in [0.2, 0.25) is 0 Å². The van der Waals surface area contributed by atoms with E-state index in [2.05, 4.69) is 5.32 Å². The fourth-order valence-electron chi connectivity index (χ4n) is 5.83. The fraction of sp³-hybridized carbons (Fsp3) is 0.429. The quantitative estimate of drug-likeness (QED) is 0.312. The van der Waals surface area contributed by atoms with Crippen molar-refractivity contribution in [3.8, 4) is 23.0 Å². The van der Waals surface area contributed by atoms with Crippen LogP contribution in [0.15, 0.2) is 60.7 Å². The lowest BCUT2D eigenvalue weighted by Crippen LogP contribution is -2.57. The number of carbonyl (C=O) groups is 2. The highest BCUT2D eigenvalue weighted by molar-refractivity contribution is 5.87. The molecule has 3 atom stereocenters. The number of methoxy groups -OCH3 is 2. The molecular formula is C35H42N2O9. The normalized spacial score (nSPS) is 17.6. The van der Waals surface area contributed by atoms with E-state index in [1.807, 2.05) is 48.5 Å². The van der Waals surface area contributed by atoms with Gasteiger partial charge in [0.25, 0.3) is 0 Å². The lowest BCUT2D eigenvalue weighted by Gasteiger charge is -2.44. The van der Waals surface area contributed by atoms with E-state index in [1.54, 1.807) is 52.0 Å². The summed E-state index contributed by atoms with van der Waals surface area (Å²) in [4.78, 5) is 29.4. The molecule has 2 aliphatic heterocycles. The second kappa shape index (κ2) is 14.3. The SMILES string of the molecule is COc1cc2c(cc1OC)[C@H](COCc1ccccc1)N(C(=O)[C@H](Cc1ccc3c(c1)OCO3)NC(=O)OC(C)(C)C)[C@H](CO)C2. The van der Waals surface area contributed by atoms with Gasteiger partial charge in [-0.3, -0.25) is 4.79 Å². The number of rotatable bonds is 11. The van der Waals surface area contributed by atoms with Crippen LogP contribution in [0.3, 0.4) is 0 Å². The standard InChI is InChI=1S/C35H42N2O9/c1-35(2,3)46-34(40)36-27(13-23-11-12-29-32(14-23)45-21-44-29)33(39)37-25(18-38)15-24-16-30(41-4)31(42-5)17-26(24)28(37)20-43-19-22-9-7-6-8-10-22/h6-12,14,16-17,25,27-28,38H,13,15,18-21H2,1-5H3,(H,36,40)/t25-,27-,28-/m0/s1. The second-order valence-corrected chi connectivity index (χ2v) is 12.3. The molecule has 3 aromatic rings. The van der Waals surface area contributed by atoms with Gasteiger partial charge in [-0.15, -0.1) is 0 Å². The zero-order valence-corrected chi connectivity index (χ0v) is 26.9. The van der Waals surface area contributed by atoms with Crippen LogP contribution in [-0.4, -0.2) is 73.9 Å². The Morgan fingerprint density at radius 3 is 2.39 bits per heavy atom. The number of carbonyl (C=O) groups excluding carboxylic acids is 2.